The van der Waals surface area contributed by atoms with Gasteiger partial charge in [0.25, 0.3) is 0 Å². The first kappa shape index (κ1) is 13.6. The van der Waals surface area contributed by atoms with Gasteiger partial charge in [-0.25, -0.2) is 0 Å². The van der Waals surface area contributed by atoms with E-state index in [2.05, 4.69) is 10.6 Å². The van der Waals surface area contributed by atoms with Crippen LogP contribution in [0.3, 0.4) is 0 Å². The number of para-hydroxylation sites is 1. The van der Waals surface area contributed by atoms with E-state index >= 15 is 0 Å². The Hall–Kier alpha value is -1.81. The number of carbonyl (C=O) groups is 1. The summed E-state index contributed by atoms with van der Waals surface area (Å²) < 4.78 is 5.75. The monoisotopic (exact) mass is 260 g/mol. The molecule has 0 spiro atoms. The van der Waals surface area contributed by atoms with E-state index in [4.69, 9.17) is 4.42 Å². The standard InChI is InChI=1S/C15H20N2O2/c1-11-12-6-3-4-7-13(12)19-14(11)10-17-15(18)8-5-9-16-2/h3-4,6-7,16H,5,8-10H2,1-2H3,(H,17,18). The van der Waals surface area contributed by atoms with E-state index in [-0.39, 0.29) is 5.91 Å². The molecule has 2 N–H and O–H groups in total. The van der Waals surface area contributed by atoms with Gasteiger partial charge in [0.05, 0.1) is 6.54 Å². The van der Waals surface area contributed by atoms with Gasteiger partial charge in [0.1, 0.15) is 11.3 Å². The largest absolute Gasteiger partial charge is 0.459 e. The number of hydrogen-bond donors (Lipinski definition) is 2. The third-order valence-electron chi connectivity index (χ3n) is 3.22. The molecule has 19 heavy (non-hydrogen) atoms. The molecule has 1 aromatic carbocycles. The Balaban J connectivity index is 1.94. The molecule has 0 aliphatic carbocycles. The second-order valence-electron chi connectivity index (χ2n) is 4.63. The summed E-state index contributed by atoms with van der Waals surface area (Å²) in [5, 5.41) is 7.04. The minimum atomic E-state index is 0.0649. The average Bonchev–Trinajstić information content (AvgIpc) is 2.74. The normalized spacial score (nSPS) is 10.8. The van der Waals surface area contributed by atoms with Crippen LogP contribution in [0.25, 0.3) is 11.0 Å². The highest BCUT2D eigenvalue weighted by Crippen LogP contribution is 2.24. The van der Waals surface area contributed by atoms with Gasteiger partial charge in [-0.15, -0.1) is 0 Å². The van der Waals surface area contributed by atoms with Gasteiger partial charge in [0.15, 0.2) is 0 Å². The molecule has 0 radical (unpaired) electrons. The molecule has 0 fully saturated rings. The molecule has 2 rings (SSSR count). The lowest BCUT2D eigenvalue weighted by Crippen LogP contribution is -2.23. The van der Waals surface area contributed by atoms with E-state index < -0.39 is 0 Å². The molecule has 0 atom stereocenters. The molecular weight excluding hydrogens is 240 g/mol. The molecule has 102 valence electrons. The summed E-state index contributed by atoms with van der Waals surface area (Å²) >= 11 is 0. The first-order valence-electron chi connectivity index (χ1n) is 6.60. The molecule has 0 unspecified atom stereocenters. The Kier molecular flexibility index (Phi) is 4.58. The van der Waals surface area contributed by atoms with E-state index in [1.807, 2.05) is 38.2 Å². The zero-order valence-electron chi connectivity index (χ0n) is 11.5. The van der Waals surface area contributed by atoms with Crippen molar-refractivity contribution in [3.8, 4) is 0 Å². The van der Waals surface area contributed by atoms with Crippen molar-refractivity contribution in [2.45, 2.75) is 26.3 Å². The van der Waals surface area contributed by atoms with E-state index in [0.29, 0.717) is 13.0 Å². The fraction of sp³-hybridized carbons (Fsp3) is 0.400. The van der Waals surface area contributed by atoms with Crippen molar-refractivity contribution in [3.05, 3.63) is 35.6 Å². The fourth-order valence-electron chi connectivity index (χ4n) is 2.09. The Morgan fingerprint density at radius 1 is 1.32 bits per heavy atom. The van der Waals surface area contributed by atoms with Crippen LogP contribution >= 0.6 is 0 Å². The predicted octanol–water partition coefficient (Wildman–Crippen LogP) is 2.36. The first-order chi connectivity index (χ1) is 9.22. The second-order valence-corrected chi connectivity index (χ2v) is 4.63. The van der Waals surface area contributed by atoms with Gasteiger partial charge in [-0.2, -0.15) is 0 Å². The lowest BCUT2D eigenvalue weighted by Gasteiger charge is -2.03. The van der Waals surface area contributed by atoms with Crippen molar-refractivity contribution >= 4 is 16.9 Å². The zero-order chi connectivity index (χ0) is 13.7. The summed E-state index contributed by atoms with van der Waals surface area (Å²) in [6.45, 7) is 3.34. The van der Waals surface area contributed by atoms with Gasteiger partial charge in [-0.1, -0.05) is 18.2 Å². The van der Waals surface area contributed by atoms with Crippen molar-refractivity contribution in [1.82, 2.24) is 10.6 Å². The lowest BCUT2D eigenvalue weighted by atomic mass is 10.1. The molecule has 4 heteroatoms. The van der Waals surface area contributed by atoms with Crippen LogP contribution in [0.2, 0.25) is 0 Å². The molecular formula is C15H20N2O2. The summed E-state index contributed by atoms with van der Waals surface area (Å²) in [5.41, 5.74) is 1.98. The maximum absolute atomic E-state index is 11.6. The van der Waals surface area contributed by atoms with Crippen LogP contribution in [0.1, 0.15) is 24.2 Å². The van der Waals surface area contributed by atoms with Crippen LogP contribution in [0.15, 0.2) is 28.7 Å². The Labute approximate surface area is 113 Å². The van der Waals surface area contributed by atoms with Crippen LogP contribution in [-0.2, 0) is 11.3 Å². The molecule has 0 bridgehead atoms. The first-order valence-corrected chi connectivity index (χ1v) is 6.60. The molecule has 1 amide bonds. The highest BCUT2D eigenvalue weighted by atomic mass is 16.3. The van der Waals surface area contributed by atoms with Crippen LogP contribution in [-0.4, -0.2) is 19.5 Å². The highest BCUT2D eigenvalue weighted by molar-refractivity contribution is 5.82. The van der Waals surface area contributed by atoms with Crippen LogP contribution in [0.4, 0.5) is 0 Å². The van der Waals surface area contributed by atoms with E-state index in [0.717, 1.165) is 35.3 Å². The van der Waals surface area contributed by atoms with Crippen molar-refractivity contribution in [2.24, 2.45) is 0 Å². The van der Waals surface area contributed by atoms with E-state index in [1.165, 1.54) is 0 Å². The van der Waals surface area contributed by atoms with Crippen molar-refractivity contribution < 1.29 is 9.21 Å². The maximum atomic E-state index is 11.6. The Morgan fingerprint density at radius 2 is 2.11 bits per heavy atom. The van der Waals surface area contributed by atoms with E-state index in [1.54, 1.807) is 0 Å². The second kappa shape index (κ2) is 6.38. The zero-order valence-corrected chi connectivity index (χ0v) is 11.5. The number of carbonyl (C=O) groups excluding carboxylic acids is 1. The molecule has 2 aromatic rings. The highest BCUT2D eigenvalue weighted by Gasteiger charge is 2.10. The quantitative estimate of drug-likeness (QED) is 0.784. The molecule has 0 saturated carbocycles. The van der Waals surface area contributed by atoms with Gasteiger partial charge in [0, 0.05) is 17.4 Å². The number of aryl methyl sites for hydroxylation is 1. The van der Waals surface area contributed by atoms with Crippen molar-refractivity contribution in [2.75, 3.05) is 13.6 Å². The number of amides is 1. The number of fused-ring (bicyclic) bond motifs is 1. The fourth-order valence-corrected chi connectivity index (χ4v) is 2.09. The van der Waals surface area contributed by atoms with Gasteiger partial charge in [-0.05, 0) is 33.0 Å². The van der Waals surface area contributed by atoms with Crippen LogP contribution in [0.5, 0.6) is 0 Å². The molecule has 4 nitrogen and oxygen atoms in total. The molecule has 1 aromatic heterocycles. The Morgan fingerprint density at radius 3 is 2.84 bits per heavy atom. The van der Waals surface area contributed by atoms with Gasteiger partial charge < -0.3 is 15.1 Å². The number of furan rings is 1. The summed E-state index contributed by atoms with van der Waals surface area (Å²) in [6.07, 6.45) is 1.39. The maximum Gasteiger partial charge on any atom is 0.220 e. The summed E-state index contributed by atoms with van der Waals surface area (Å²) in [5.74, 6) is 0.901. The number of rotatable bonds is 6. The number of benzene rings is 1. The third-order valence-corrected chi connectivity index (χ3v) is 3.22. The minimum Gasteiger partial charge on any atom is -0.459 e. The minimum absolute atomic E-state index is 0.0649. The summed E-state index contributed by atoms with van der Waals surface area (Å²) in [4.78, 5) is 11.6. The van der Waals surface area contributed by atoms with Crippen molar-refractivity contribution in [1.29, 1.82) is 0 Å². The smallest absolute Gasteiger partial charge is 0.220 e. The summed E-state index contributed by atoms with van der Waals surface area (Å²) in [7, 11) is 1.88. The predicted molar refractivity (Wildman–Crippen MR) is 76.0 cm³/mol. The SMILES string of the molecule is CNCCCC(=O)NCc1oc2ccccc2c1C. The number of hydrogen-bond acceptors (Lipinski definition) is 3. The van der Waals surface area contributed by atoms with Gasteiger partial charge in [0.2, 0.25) is 5.91 Å². The van der Waals surface area contributed by atoms with Gasteiger partial charge >= 0.3 is 0 Å². The summed E-state index contributed by atoms with van der Waals surface area (Å²) in [6, 6.07) is 7.92. The number of nitrogens with one attached hydrogen (secondary N) is 2. The lowest BCUT2D eigenvalue weighted by molar-refractivity contribution is -0.121. The van der Waals surface area contributed by atoms with Crippen molar-refractivity contribution in [3.63, 3.8) is 0 Å². The molecule has 0 aliphatic heterocycles. The molecule has 0 aliphatic rings. The van der Waals surface area contributed by atoms with Gasteiger partial charge in [-0.3, -0.25) is 4.79 Å². The Bertz CT molecular complexity index is 560. The molecule has 1 heterocycles. The van der Waals surface area contributed by atoms with Crippen LogP contribution < -0.4 is 10.6 Å². The molecule has 0 saturated heterocycles. The topological polar surface area (TPSA) is 54.3 Å². The third kappa shape index (κ3) is 3.35. The van der Waals surface area contributed by atoms with E-state index in [9.17, 15) is 4.79 Å². The van der Waals surface area contributed by atoms with Crippen LogP contribution in [0, 0.1) is 6.92 Å². The average molecular weight is 260 g/mol.